The van der Waals surface area contributed by atoms with Gasteiger partial charge in [0.2, 0.25) is 0 Å². The van der Waals surface area contributed by atoms with Crippen molar-refractivity contribution in [1.82, 2.24) is 0 Å². The third-order valence-corrected chi connectivity index (χ3v) is 1.49. The number of benzene rings is 1. The van der Waals surface area contributed by atoms with Gasteiger partial charge in [-0.15, -0.1) is 0 Å². The molecule has 1 aromatic rings. The van der Waals surface area contributed by atoms with Crippen molar-refractivity contribution >= 4 is 11.8 Å². The Hall–Kier alpha value is -1.44. The molecule has 1 rings (SSSR count). The van der Waals surface area contributed by atoms with E-state index in [0.717, 1.165) is 10.3 Å². The Morgan fingerprint density at radius 3 is 2.27 bits per heavy atom. The van der Waals surface area contributed by atoms with Crippen LogP contribution in [0.2, 0.25) is 0 Å². The number of hydrogen-bond donors (Lipinski definition) is 0. The Labute approximate surface area is 65.7 Å². The van der Waals surface area contributed by atoms with Crippen molar-refractivity contribution in [2.45, 2.75) is 0 Å². The predicted octanol–water partition coefficient (Wildman–Crippen LogP) is 2.37. The molecule has 0 amide bonds. The molecule has 0 fully saturated rings. The summed E-state index contributed by atoms with van der Waals surface area (Å²) >= 11 is 0. The first-order chi connectivity index (χ1) is 5.24. The van der Waals surface area contributed by atoms with Gasteiger partial charge in [0, 0.05) is 21.8 Å². The third kappa shape index (κ3) is 1.74. The molecule has 0 N–H and O–H groups in total. The van der Waals surface area contributed by atoms with E-state index in [-0.39, 0.29) is 0 Å². The van der Waals surface area contributed by atoms with Gasteiger partial charge in [-0.05, 0) is 17.7 Å². The fourth-order valence-corrected chi connectivity index (χ4v) is 0.820. The first-order valence-corrected chi connectivity index (χ1v) is 3.37. The first kappa shape index (κ1) is 7.66. The SMILES string of the molecule is C=Cc1ccc([N+](C)=O)cc1. The summed E-state index contributed by atoms with van der Waals surface area (Å²) in [5.41, 5.74) is 1.69. The molecule has 0 spiro atoms. The molecule has 0 aliphatic rings. The fourth-order valence-electron chi connectivity index (χ4n) is 0.820. The van der Waals surface area contributed by atoms with Crippen LogP contribution in [0.3, 0.4) is 0 Å². The lowest BCUT2D eigenvalue weighted by Gasteiger charge is -1.89. The van der Waals surface area contributed by atoms with Crippen LogP contribution in [0.25, 0.3) is 6.08 Å². The molecule has 0 unspecified atom stereocenters. The van der Waals surface area contributed by atoms with Crippen LogP contribution in [-0.2, 0) is 0 Å². The molecule has 11 heavy (non-hydrogen) atoms. The molecule has 0 radical (unpaired) electrons. The lowest BCUT2D eigenvalue weighted by atomic mass is 10.2. The Morgan fingerprint density at radius 2 is 1.91 bits per heavy atom. The van der Waals surface area contributed by atoms with Crippen LogP contribution in [0.5, 0.6) is 0 Å². The van der Waals surface area contributed by atoms with E-state index in [2.05, 4.69) is 6.58 Å². The molecular formula is C9H10NO+. The second-order valence-corrected chi connectivity index (χ2v) is 2.29. The van der Waals surface area contributed by atoms with Crippen LogP contribution >= 0.6 is 0 Å². The highest BCUT2D eigenvalue weighted by Crippen LogP contribution is 2.11. The predicted molar refractivity (Wildman–Crippen MR) is 45.7 cm³/mol. The molecule has 0 saturated carbocycles. The highest BCUT2D eigenvalue weighted by molar-refractivity contribution is 5.49. The molecular weight excluding hydrogens is 138 g/mol. The standard InChI is InChI=1S/C9H10NO/c1-3-8-4-6-9(7-5-8)10(2)11/h3-7H,1H2,2H3/q+1. The van der Waals surface area contributed by atoms with Gasteiger partial charge in [0.05, 0.1) is 0 Å². The van der Waals surface area contributed by atoms with Gasteiger partial charge in [-0.3, -0.25) is 0 Å². The van der Waals surface area contributed by atoms with Crippen LogP contribution in [0.4, 0.5) is 5.69 Å². The average molecular weight is 148 g/mol. The van der Waals surface area contributed by atoms with Crippen molar-refractivity contribution in [3.8, 4) is 0 Å². The maximum Gasteiger partial charge on any atom is 0.255 e. The Morgan fingerprint density at radius 1 is 1.36 bits per heavy atom. The second-order valence-electron chi connectivity index (χ2n) is 2.29. The van der Waals surface area contributed by atoms with Gasteiger partial charge in [-0.2, -0.15) is 0 Å². The molecule has 0 aliphatic carbocycles. The maximum absolute atomic E-state index is 10.7. The van der Waals surface area contributed by atoms with Gasteiger partial charge < -0.3 is 0 Å². The molecule has 0 heterocycles. The molecule has 56 valence electrons. The number of rotatable bonds is 2. The highest BCUT2D eigenvalue weighted by Gasteiger charge is 2.03. The van der Waals surface area contributed by atoms with Crippen molar-refractivity contribution in [2.75, 3.05) is 7.05 Å². The molecule has 0 aliphatic heterocycles. The van der Waals surface area contributed by atoms with Gasteiger partial charge in [-0.25, -0.2) is 0 Å². The van der Waals surface area contributed by atoms with Gasteiger partial charge >= 0.3 is 0 Å². The van der Waals surface area contributed by atoms with E-state index in [1.54, 1.807) is 18.2 Å². The lowest BCUT2D eigenvalue weighted by Crippen LogP contribution is -1.89. The van der Waals surface area contributed by atoms with Crippen molar-refractivity contribution in [2.24, 2.45) is 0 Å². The summed E-state index contributed by atoms with van der Waals surface area (Å²) in [6.07, 6.45) is 1.74. The lowest BCUT2D eigenvalue weighted by molar-refractivity contribution is -0.428. The topological polar surface area (TPSA) is 20.1 Å². The van der Waals surface area contributed by atoms with Crippen molar-refractivity contribution in [1.29, 1.82) is 0 Å². The van der Waals surface area contributed by atoms with Crippen molar-refractivity contribution in [3.05, 3.63) is 41.3 Å². The monoisotopic (exact) mass is 148 g/mol. The average Bonchev–Trinajstić information content (AvgIpc) is 2.05. The summed E-state index contributed by atoms with van der Waals surface area (Å²) in [6, 6.07) is 7.25. The molecule has 2 nitrogen and oxygen atoms in total. The second kappa shape index (κ2) is 3.10. The number of nitroso groups, excluding NO2 is 1. The maximum atomic E-state index is 10.7. The smallest absolute Gasteiger partial charge is 0.0985 e. The normalized spacial score (nSPS) is 9.18. The van der Waals surface area contributed by atoms with Crippen LogP contribution < -0.4 is 0 Å². The molecule has 1 aromatic carbocycles. The van der Waals surface area contributed by atoms with Crippen LogP contribution in [0.1, 0.15) is 5.56 Å². The zero-order valence-corrected chi connectivity index (χ0v) is 6.45. The minimum absolute atomic E-state index is 0.663. The van der Waals surface area contributed by atoms with Crippen molar-refractivity contribution in [3.63, 3.8) is 0 Å². The number of hydrogen-bond acceptors (Lipinski definition) is 1. The minimum atomic E-state index is 0.663. The first-order valence-electron chi connectivity index (χ1n) is 3.37. The van der Waals surface area contributed by atoms with Gasteiger partial charge in [0.15, 0.2) is 7.05 Å². The molecule has 2 heteroatoms. The van der Waals surface area contributed by atoms with E-state index in [4.69, 9.17) is 0 Å². The van der Waals surface area contributed by atoms with E-state index in [1.807, 2.05) is 12.1 Å². The third-order valence-electron chi connectivity index (χ3n) is 1.49. The van der Waals surface area contributed by atoms with Crippen LogP contribution in [0, 0.1) is 4.91 Å². The Balaban J connectivity index is 3.00. The summed E-state index contributed by atoms with van der Waals surface area (Å²) in [5, 5.41) is 0. The fraction of sp³-hybridized carbons (Fsp3) is 0.111. The molecule has 0 bridgehead atoms. The van der Waals surface area contributed by atoms with Crippen LogP contribution in [0.15, 0.2) is 30.8 Å². The van der Waals surface area contributed by atoms with E-state index in [0.29, 0.717) is 5.69 Å². The molecule has 0 atom stereocenters. The number of nitrogens with zero attached hydrogens (tertiary/aromatic N) is 1. The van der Waals surface area contributed by atoms with Gasteiger partial charge in [0.1, 0.15) is 0 Å². The molecule has 0 saturated heterocycles. The van der Waals surface area contributed by atoms with E-state index >= 15 is 0 Å². The highest BCUT2D eigenvalue weighted by atomic mass is 16.3. The summed E-state index contributed by atoms with van der Waals surface area (Å²) in [7, 11) is 1.48. The summed E-state index contributed by atoms with van der Waals surface area (Å²) < 4.78 is 0.826. The zero-order chi connectivity index (χ0) is 8.27. The zero-order valence-electron chi connectivity index (χ0n) is 6.45. The molecule has 0 aromatic heterocycles. The van der Waals surface area contributed by atoms with Crippen LogP contribution in [-0.4, -0.2) is 11.8 Å². The summed E-state index contributed by atoms with van der Waals surface area (Å²) in [4.78, 5) is 10.7. The van der Waals surface area contributed by atoms with Gasteiger partial charge in [0.25, 0.3) is 5.69 Å². The van der Waals surface area contributed by atoms with Gasteiger partial charge in [-0.1, -0.05) is 12.7 Å². The Bertz CT molecular complexity index is 274. The summed E-state index contributed by atoms with van der Waals surface area (Å²) in [6.45, 7) is 3.61. The minimum Gasteiger partial charge on any atom is -0.0985 e. The Kier molecular flexibility index (Phi) is 2.16. The van der Waals surface area contributed by atoms with E-state index in [1.165, 1.54) is 7.05 Å². The quantitative estimate of drug-likeness (QED) is 0.589. The van der Waals surface area contributed by atoms with E-state index < -0.39 is 0 Å². The van der Waals surface area contributed by atoms with E-state index in [9.17, 15) is 4.91 Å². The van der Waals surface area contributed by atoms with Crippen molar-refractivity contribution < 1.29 is 4.76 Å². The largest absolute Gasteiger partial charge is 0.255 e. The summed E-state index contributed by atoms with van der Waals surface area (Å²) in [5.74, 6) is 0.